The van der Waals surface area contributed by atoms with E-state index in [0.717, 1.165) is 19.3 Å². The molecule has 0 unspecified atom stereocenters. The summed E-state index contributed by atoms with van der Waals surface area (Å²) in [7, 11) is 0. The zero-order valence-corrected chi connectivity index (χ0v) is 8.88. The first kappa shape index (κ1) is 12.0. The van der Waals surface area contributed by atoms with E-state index in [4.69, 9.17) is 11.5 Å². The molecule has 0 aromatic heterocycles. The Labute approximate surface area is 90.4 Å². The van der Waals surface area contributed by atoms with Crippen LogP contribution in [0.25, 0.3) is 0 Å². The molecule has 1 fully saturated rings. The molecule has 0 spiro atoms. The summed E-state index contributed by atoms with van der Waals surface area (Å²) >= 11 is 0. The smallest absolute Gasteiger partial charge is 0.234 e. The molecular formula is C11H18N2O2. The maximum atomic E-state index is 11.3. The first-order chi connectivity index (χ1) is 7.22. The van der Waals surface area contributed by atoms with Crippen LogP contribution in [-0.2, 0) is 4.79 Å². The predicted octanol–water partition coefficient (Wildman–Crippen LogP) is -0.512. The number of aliphatic hydroxyl groups is 1. The van der Waals surface area contributed by atoms with Crippen LogP contribution in [0.3, 0.4) is 0 Å². The standard InChI is InChI=1S/C11H18N2O2/c1-2-6-12-8-10(15)13-9-11(3-4-11)5-7-14/h1,12,14H,3-9H2,(H,13,15). The molecule has 0 radical (unpaired) electrons. The summed E-state index contributed by atoms with van der Waals surface area (Å²) in [6, 6.07) is 0. The van der Waals surface area contributed by atoms with Crippen molar-refractivity contribution in [2.45, 2.75) is 19.3 Å². The Kier molecular flexibility index (Phi) is 4.60. The summed E-state index contributed by atoms with van der Waals surface area (Å²) in [6.07, 6.45) is 8.02. The molecule has 1 rings (SSSR count). The highest BCUT2D eigenvalue weighted by Crippen LogP contribution is 2.47. The summed E-state index contributed by atoms with van der Waals surface area (Å²) in [5.74, 6) is 2.37. The third kappa shape index (κ3) is 4.32. The normalized spacial score (nSPS) is 16.8. The molecular weight excluding hydrogens is 192 g/mol. The van der Waals surface area contributed by atoms with E-state index in [2.05, 4.69) is 16.6 Å². The Morgan fingerprint density at radius 3 is 2.80 bits per heavy atom. The van der Waals surface area contributed by atoms with Crippen molar-refractivity contribution in [3.63, 3.8) is 0 Å². The van der Waals surface area contributed by atoms with Gasteiger partial charge in [-0.2, -0.15) is 0 Å². The summed E-state index contributed by atoms with van der Waals surface area (Å²) < 4.78 is 0. The fourth-order valence-corrected chi connectivity index (χ4v) is 1.53. The molecule has 1 aliphatic carbocycles. The van der Waals surface area contributed by atoms with E-state index in [1.165, 1.54) is 0 Å². The van der Waals surface area contributed by atoms with Crippen LogP contribution in [0.4, 0.5) is 0 Å². The van der Waals surface area contributed by atoms with Crippen molar-refractivity contribution in [2.24, 2.45) is 5.41 Å². The highest BCUT2D eigenvalue weighted by atomic mass is 16.3. The zero-order valence-electron chi connectivity index (χ0n) is 8.88. The summed E-state index contributed by atoms with van der Waals surface area (Å²) in [4.78, 5) is 11.3. The average Bonchev–Trinajstić information content (AvgIpc) is 2.97. The number of terminal acetylenes is 1. The predicted molar refractivity (Wildman–Crippen MR) is 58.1 cm³/mol. The Hall–Kier alpha value is -1.05. The van der Waals surface area contributed by atoms with Gasteiger partial charge in [0.05, 0.1) is 13.1 Å². The summed E-state index contributed by atoms with van der Waals surface area (Å²) in [5.41, 5.74) is 0.177. The first-order valence-electron chi connectivity index (χ1n) is 5.24. The lowest BCUT2D eigenvalue weighted by atomic mass is 10.0. The van der Waals surface area contributed by atoms with Gasteiger partial charge in [-0.15, -0.1) is 6.42 Å². The van der Waals surface area contributed by atoms with Gasteiger partial charge in [0.15, 0.2) is 0 Å². The number of hydrogen-bond donors (Lipinski definition) is 3. The zero-order chi connectivity index (χ0) is 11.1. The fraction of sp³-hybridized carbons (Fsp3) is 0.727. The third-order valence-corrected chi connectivity index (χ3v) is 2.77. The molecule has 3 N–H and O–H groups in total. The van der Waals surface area contributed by atoms with Gasteiger partial charge in [0.25, 0.3) is 0 Å². The largest absolute Gasteiger partial charge is 0.396 e. The second-order valence-corrected chi connectivity index (χ2v) is 4.06. The van der Waals surface area contributed by atoms with E-state index >= 15 is 0 Å². The minimum atomic E-state index is -0.0329. The highest BCUT2D eigenvalue weighted by molar-refractivity contribution is 5.78. The van der Waals surface area contributed by atoms with Crippen molar-refractivity contribution in [2.75, 3.05) is 26.2 Å². The van der Waals surface area contributed by atoms with Crippen LogP contribution in [0, 0.1) is 17.8 Å². The molecule has 4 nitrogen and oxygen atoms in total. The summed E-state index contributed by atoms with van der Waals surface area (Å²) in [6.45, 7) is 1.55. The quantitative estimate of drug-likeness (QED) is 0.392. The summed E-state index contributed by atoms with van der Waals surface area (Å²) in [5, 5.41) is 14.5. The fourth-order valence-electron chi connectivity index (χ4n) is 1.53. The van der Waals surface area contributed by atoms with Crippen molar-refractivity contribution >= 4 is 5.91 Å². The number of carbonyl (C=O) groups is 1. The SMILES string of the molecule is C#CCNCC(=O)NCC1(CCO)CC1. The Balaban J connectivity index is 2.09. The van der Waals surface area contributed by atoms with E-state index in [1.54, 1.807) is 0 Å². The van der Waals surface area contributed by atoms with Gasteiger partial charge in [0.1, 0.15) is 0 Å². The van der Waals surface area contributed by atoms with Gasteiger partial charge in [-0.1, -0.05) is 5.92 Å². The molecule has 0 bridgehead atoms. The molecule has 1 aliphatic rings. The first-order valence-corrected chi connectivity index (χ1v) is 5.24. The monoisotopic (exact) mass is 210 g/mol. The average molecular weight is 210 g/mol. The van der Waals surface area contributed by atoms with Crippen LogP contribution in [0.2, 0.25) is 0 Å². The molecule has 0 aromatic rings. The van der Waals surface area contributed by atoms with Crippen molar-refractivity contribution in [3.8, 4) is 12.3 Å². The van der Waals surface area contributed by atoms with Crippen LogP contribution in [-0.4, -0.2) is 37.3 Å². The topological polar surface area (TPSA) is 61.4 Å². The van der Waals surface area contributed by atoms with Crippen molar-refractivity contribution in [1.29, 1.82) is 0 Å². The van der Waals surface area contributed by atoms with Gasteiger partial charge in [-0.25, -0.2) is 0 Å². The lowest BCUT2D eigenvalue weighted by molar-refractivity contribution is -0.120. The van der Waals surface area contributed by atoms with E-state index in [0.29, 0.717) is 13.1 Å². The third-order valence-electron chi connectivity index (χ3n) is 2.77. The van der Waals surface area contributed by atoms with E-state index in [1.807, 2.05) is 0 Å². The molecule has 0 aromatic carbocycles. The minimum Gasteiger partial charge on any atom is -0.396 e. The number of amides is 1. The molecule has 84 valence electrons. The number of carbonyl (C=O) groups excluding carboxylic acids is 1. The van der Waals surface area contributed by atoms with Crippen LogP contribution < -0.4 is 10.6 Å². The minimum absolute atomic E-state index is 0.0329. The Morgan fingerprint density at radius 2 is 2.27 bits per heavy atom. The molecule has 0 atom stereocenters. The number of aliphatic hydroxyl groups excluding tert-OH is 1. The van der Waals surface area contributed by atoms with E-state index < -0.39 is 0 Å². The molecule has 1 saturated carbocycles. The van der Waals surface area contributed by atoms with Gasteiger partial charge in [0, 0.05) is 13.2 Å². The second kappa shape index (κ2) is 5.74. The van der Waals surface area contributed by atoms with Gasteiger partial charge >= 0.3 is 0 Å². The van der Waals surface area contributed by atoms with Crippen LogP contribution in [0.5, 0.6) is 0 Å². The van der Waals surface area contributed by atoms with E-state index in [-0.39, 0.29) is 24.5 Å². The van der Waals surface area contributed by atoms with E-state index in [9.17, 15) is 4.79 Å². The van der Waals surface area contributed by atoms with Crippen LogP contribution in [0.1, 0.15) is 19.3 Å². The molecule has 1 amide bonds. The number of rotatable bonds is 7. The lowest BCUT2D eigenvalue weighted by Crippen LogP contribution is -2.37. The molecule has 15 heavy (non-hydrogen) atoms. The molecule has 0 heterocycles. The molecule has 0 aliphatic heterocycles. The van der Waals surface area contributed by atoms with Crippen LogP contribution in [0.15, 0.2) is 0 Å². The molecule has 4 heteroatoms. The Morgan fingerprint density at radius 1 is 1.53 bits per heavy atom. The number of nitrogens with one attached hydrogen (secondary N) is 2. The van der Waals surface area contributed by atoms with Crippen molar-refractivity contribution in [1.82, 2.24) is 10.6 Å². The van der Waals surface area contributed by atoms with Crippen LogP contribution >= 0.6 is 0 Å². The van der Waals surface area contributed by atoms with Gasteiger partial charge in [0.2, 0.25) is 5.91 Å². The lowest BCUT2D eigenvalue weighted by Gasteiger charge is -2.14. The van der Waals surface area contributed by atoms with Gasteiger partial charge < -0.3 is 10.4 Å². The maximum Gasteiger partial charge on any atom is 0.234 e. The molecule has 0 saturated heterocycles. The highest BCUT2D eigenvalue weighted by Gasteiger charge is 2.41. The van der Waals surface area contributed by atoms with Crippen molar-refractivity contribution < 1.29 is 9.90 Å². The van der Waals surface area contributed by atoms with Gasteiger partial charge in [-0.3, -0.25) is 10.1 Å². The van der Waals surface area contributed by atoms with Crippen molar-refractivity contribution in [3.05, 3.63) is 0 Å². The maximum absolute atomic E-state index is 11.3. The van der Waals surface area contributed by atoms with Gasteiger partial charge in [-0.05, 0) is 24.7 Å². The Bertz CT molecular complexity index is 254. The number of hydrogen-bond acceptors (Lipinski definition) is 3. The second-order valence-electron chi connectivity index (χ2n) is 4.06.